The summed E-state index contributed by atoms with van der Waals surface area (Å²) in [5.41, 5.74) is 3.59. The second-order valence-corrected chi connectivity index (χ2v) is 5.85. The zero-order valence-corrected chi connectivity index (χ0v) is 12.3. The molecule has 1 aromatic rings. The molecule has 3 N–H and O–H groups in total. The van der Waals surface area contributed by atoms with Gasteiger partial charge in [0.25, 0.3) is 5.91 Å². The van der Waals surface area contributed by atoms with Crippen molar-refractivity contribution in [2.75, 3.05) is 7.05 Å². The van der Waals surface area contributed by atoms with Gasteiger partial charge in [-0.15, -0.1) is 0 Å². The minimum Gasteiger partial charge on any atom is -0.298 e. The normalized spacial score (nSPS) is 22.8. The van der Waals surface area contributed by atoms with Crippen molar-refractivity contribution in [3.8, 4) is 0 Å². The molecule has 5 heteroatoms. The van der Waals surface area contributed by atoms with Gasteiger partial charge in [0.2, 0.25) is 0 Å². The molecular weight excluding hydrogens is 252 g/mol. The van der Waals surface area contributed by atoms with Crippen LogP contribution in [0.4, 0.5) is 0 Å². The van der Waals surface area contributed by atoms with Gasteiger partial charge in [-0.1, -0.05) is 19.8 Å². The molecule has 1 aromatic heterocycles. The lowest BCUT2D eigenvalue weighted by Crippen LogP contribution is -2.35. The monoisotopic (exact) mass is 276 g/mol. The van der Waals surface area contributed by atoms with E-state index in [1.165, 1.54) is 25.7 Å². The summed E-state index contributed by atoms with van der Waals surface area (Å²) in [6.45, 7) is 3.15. The average Bonchev–Trinajstić information content (AvgIpc) is 2.47. The van der Waals surface area contributed by atoms with Crippen LogP contribution in [-0.2, 0) is 6.54 Å². The lowest BCUT2D eigenvalue weighted by molar-refractivity contribution is 0.0953. The van der Waals surface area contributed by atoms with E-state index < -0.39 is 0 Å². The second kappa shape index (κ2) is 6.81. The number of carbonyl (C=O) groups excluding carboxylic acids is 1. The maximum Gasteiger partial charge on any atom is 0.266 e. The first-order valence-electron chi connectivity index (χ1n) is 7.26. The Labute approximate surface area is 120 Å². The van der Waals surface area contributed by atoms with E-state index in [1.54, 1.807) is 12.3 Å². The van der Waals surface area contributed by atoms with Crippen molar-refractivity contribution < 1.29 is 4.79 Å². The molecule has 0 radical (unpaired) electrons. The van der Waals surface area contributed by atoms with E-state index in [-0.39, 0.29) is 5.91 Å². The maximum atomic E-state index is 11.3. The third kappa shape index (κ3) is 3.77. The summed E-state index contributed by atoms with van der Waals surface area (Å²) in [4.78, 5) is 18.1. The van der Waals surface area contributed by atoms with E-state index in [0.29, 0.717) is 11.6 Å². The molecule has 1 aliphatic carbocycles. The first-order chi connectivity index (χ1) is 9.60. The van der Waals surface area contributed by atoms with E-state index in [4.69, 9.17) is 5.84 Å². The number of hydrogen-bond acceptors (Lipinski definition) is 4. The molecule has 0 spiro atoms. The topological polar surface area (TPSA) is 71.2 Å². The van der Waals surface area contributed by atoms with Gasteiger partial charge in [-0.2, -0.15) is 0 Å². The van der Waals surface area contributed by atoms with Gasteiger partial charge in [0.1, 0.15) is 0 Å². The SMILES string of the molecule is CC1CCCC(N(C)Cc2ccc(C(=O)NN)cn2)C1. The third-order valence-electron chi connectivity index (χ3n) is 4.16. The summed E-state index contributed by atoms with van der Waals surface area (Å²) in [6.07, 6.45) is 6.79. The zero-order chi connectivity index (χ0) is 14.5. The molecule has 20 heavy (non-hydrogen) atoms. The highest BCUT2D eigenvalue weighted by Gasteiger charge is 2.22. The quantitative estimate of drug-likeness (QED) is 0.499. The fourth-order valence-corrected chi connectivity index (χ4v) is 2.92. The van der Waals surface area contributed by atoms with Gasteiger partial charge in [-0.25, -0.2) is 5.84 Å². The summed E-state index contributed by atoms with van der Waals surface area (Å²) >= 11 is 0. The molecule has 2 unspecified atom stereocenters. The number of nitrogens with one attached hydrogen (secondary N) is 1. The van der Waals surface area contributed by atoms with Crippen LogP contribution in [0.3, 0.4) is 0 Å². The van der Waals surface area contributed by atoms with Crippen molar-refractivity contribution in [2.45, 2.75) is 45.2 Å². The number of nitrogens with two attached hydrogens (primary N) is 1. The number of hydrogen-bond donors (Lipinski definition) is 2. The Kier molecular flexibility index (Phi) is 5.09. The Morgan fingerprint density at radius 1 is 1.50 bits per heavy atom. The first kappa shape index (κ1) is 14.9. The summed E-state index contributed by atoms with van der Waals surface area (Å²) < 4.78 is 0. The molecular formula is C15H24N4O. The Morgan fingerprint density at radius 3 is 2.90 bits per heavy atom. The van der Waals surface area contributed by atoms with Crippen LogP contribution in [-0.4, -0.2) is 28.9 Å². The highest BCUT2D eigenvalue weighted by atomic mass is 16.2. The van der Waals surface area contributed by atoms with Crippen LogP contribution in [0.2, 0.25) is 0 Å². The molecule has 1 fully saturated rings. The van der Waals surface area contributed by atoms with E-state index in [0.717, 1.165) is 18.2 Å². The molecule has 1 aliphatic rings. The van der Waals surface area contributed by atoms with E-state index in [2.05, 4.69) is 29.3 Å². The number of rotatable bonds is 4. The summed E-state index contributed by atoms with van der Waals surface area (Å²) in [5.74, 6) is 5.61. The van der Waals surface area contributed by atoms with Gasteiger partial charge in [-0.05, 0) is 37.9 Å². The summed E-state index contributed by atoms with van der Waals surface area (Å²) in [5, 5.41) is 0. The Balaban J connectivity index is 1.93. The second-order valence-electron chi connectivity index (χ2n) is 5.85. The molecule has 5 nitrogen and oxygen atoms in total. The molecule has 1 saturated carbocycles. The predicted octanol–water partition coefficient (Wildman–Crippen LogP) is 1.70. The van der Waals surface area contributed by atoms with Crippen molar-refractivity contribution in [1.82, 2.24) is 15.3 Å². The predicted molar refractivity (Wildman–Crippen MR) is 78.8 cm³/mol. The van der Waals surface area contributed by atoms with Crippen LogP contribution < -0.4 is 11.3 Å². The number of nitrogen functional groups attached to an aromatic ring is 1. The Hall–Kier alpha value is -1.46. The van der Waals surface area contributed by atoms with Crippen molar-refractivity contribution in [3.63, 3.8) is 0 Å². The molecule has 0 aliphatic heterocycles. The molecule has 1 heterocycles. The average molecular weight is 276 g/mol. The number of hydrazine groups is 1. The number of amides is 1. The lowest BCUT2D eigenvalue weighted by Gasteiger charge is -2.34. The van der Waals surface area contributed by atoms with Gasteiger partial charge >= 0.3 is 0 Å². The van der Waals surface area contributed by atoms with E-state index in [9.17, 15) is 4.79 Å². The van der Waals surface area contributed by atoms with Crippen LogP contribution in [0.15, 0.2) is 18.3 Å². The lowest BCUT2D eigenvalue weighted by atomic mass is 9.86. The third-order valence-corrected chi connectivity index (χ3v) is 4.16. The minimum absolute atomic E-state index is 0.307. The number of pyridine rings is 1. The number of aromatic nitrogens is 1. The van der Waals surface area contributed by atoms with Crippen LogP contribution in [0.25, 0.3) is 0 Å². The fraction of sp³-hybridized carbons (Fsp3) is 0.600. The van der Waals surface area contributed by atoms with Crippen LogP contribution in [0.1, 0.15) is 48.7 Å². The summed E-state index contributed by atoms with van der Waals surface area (Å²) in [7, 11) is 2.16. The number of carbonyl (C=O) groups is 1. The Bertz CT molecular complexity index is 446. The fourth-order valence-electron chi connectivity index (χ4n) is 2.92. The number of nitrogens with zero attached hydrogens (tertiary/aromatic N) is 2. The minimum atomic E-state index is -0.307. The Morgan fingerprint density at radius 2 is 2.30 bits per heavy atom. The highest BCUT2D eigenvalue weighted by molar-refractivity contribution is 5.93. The molecule has 2 rings (SSSR count). The van der Waals surface area contributed by atoms with Crippen molar-refractivity contribution in [2.24, 2.45) is 11.8 Å². The van der Waals surface area contributed by atoms with Gasteiger partial charge in [0, 0.05) is 18.8 Å². The van der Waals surface area contributed by atoms with Crippen molar-refractivity contribution in [3.05, 3.63) is 29.6 Å². The van der Waals surface area contributed by atoms with Crippen molar-refractivity contribution >= 4 is 5.91 Å². The van der Waals surface area contributed by atoms with Gasteiger partial charge in [-0.3, -0.25) is 20.1 Å². The highest BCUT2D eigenvalue weighted by Crippen LogP contribution is 2.27. The first-order valence-corrected chi connectivity index (χ1v) is 7.26. The standard InChI is InChI=1S/C15H24N4O/c1-11-4-3-5-14(8-11)19(2)10-13-7-6-12(9-17-13)15(20)18-16/h6-7,9,11,14H,3-5,8,10,16H2,1-2H3,(H,18,20). The smallest absolute Gasteiger partial charge is 0.266 e. The van der Waals surface area contributed by atoms with Gasteiger partial charge in [0.15, 0.2) is 0 Å². The van der Waals surface area contributed by atoms with E-state index in [1.807, 2.05) is 6.07 Å². The summed E-state index contributed by atoms with van der Waals surface area (Å²) in [6, 6.07) is 4.31. The molecule has 2 atom stereocenters. The molecule has 110 valence electrons. The zero-order valence-electron chi connectivity index (χ0n) is 12.3. The molecule has 0 aromatic carbocycles. The van der Waals surface area contributed by atoms with Crippen LogP contribution in [0, 0.1) is 5.92 Å². The molecule has 0 bridgehead atoms. The van der Waals surface area contributed by atoms with Gasteiger partial charge < -0.3 is 0 Å². The van der Waals surface area contributed by atoms with Crippen molar-refractivity contribution in [1.29, 1.82) is 0 Å². The largest absolute Gasteiger partial charge is 0.298 e. The van der Waals surface area contributed by atoms with Crippen LogP contribution >= 0.6 is 0 Å². The van der Waals surface area contributed by atoms with Gasteiger partial charge in [0.05, 0.1) is 11.3 Å². The maximum absolute atomic E-state index is 11.3. The van der Waals surface area contributed by atoms with Crippen LogP contribution in [0.5, 0.6) is 0 Å². The molecule has 1 amide bonds. The molecule has 0 saturated heterocycles. The van der Waals surface area contributed by atoms with E-state index >= 15 is 0 Å².